The minimum atomic E-state index is -0.475. The SMILES string of the molecule is CCCOc1cc(/C=C/C(N)=O)ccc1OC. The van der Waals surface area contributed by atoms with E-state index in [4.69, 9.17) is 15.2 Å². The summed E-state index contributed by atoms with van der Waals surface area (Å²) in [6.07, 6.45) is 3.87. The lowest BCUT2D eigenvalue weighted by Gasteiger charge is -2.10. The lowest BCUT2D eigenvalue weighted by molar-refractivity contribution is -0.113. The van der Waals surface area contributed by atoms with Gasteiger partial charge < -0.3 is 15.2 Å². The maximum atomic E-state index is 10.6. The zero-order chi connectivity index (χ0) is 12.7. The Morgan fingerprint density at radius 2 is 2.18 bits per heavy atom. The summed E-state index contributed by atoms with van der Waals surface area (Å²) >= 11 is 0. The predicted octanol–water partition coefficient (Wildman–Crippen LogP) is 1.98. The van der Waals surface area contributed by atoms with Crippen LogP contribution in [-0.4, -0.2) is 19.6 Å². The van der Waals surface area contributed by atoms with Crippen LogP contribution >= 0.6 is 0 Å². The summed E-state index contributed by atoms with van der Waals surface area (Å²) in [6.45, 7) is 2.66. The molecule has 0 saturated carbocycles. The van der Waals surface area contributed by atoms with E-state index in [0.717, 1.165) is 12.0 Å². The molecule has 0 atom stereocenters. The molecule has 1 aromatic rings. The highest BCUT2D eigenvalue weighted by molar-refractivity contribution is 5.90. The van der Waals surface area contributed by atoms with Crippen molar-refractivity contribution in [3.05, 3.63) is 29.8 Å². The molecule has 0 bridgehead atoms. The third-order valence-electron chi connectivity index (χ3n) is 2.09. The van der Waals surface area contributed by atoms with Crippen LogP contribution < -0.4 is 15.2 Å². The van der Waals surface area contributed by atoms with Gasteiger partial charge in [-0.2, -0.15) is 0 Å². The topological polar surface area (TPSA) is 61.5 Å². The Labute approximate surface area is 101 Å². The van der Waals surface area contributed by atoms with Crippen LogP contribution in [0.5, 0.6) is 11.5 Å². The van der Waals surface area contributed by atoms with Gasteiger partial charge in [-0.1, -0.05) is 13.0 Å². The van der Waals surface area contributed by atoms with Gasteiger partial charge in [0.15, 0.2) is 11.5 Å². The summed E-state index contributed by atoms with van der Waals surface area (Å²) in [5.41, 5.74) is 5.88. The van der Waals surface area contributed by atoms with Gasteiger partial charge >= 0.3 is 0 Å². The minimum absolute atomic E-state index is 0.475. The van der Waals surface area contributed by atoms with Crippen molar-refractivity contribution in [3.8, 4) is 11.5 Å². The molecule has 17 heavy (non-hydrogen) atoms. The predicted molar refractivity (Wildman–Crippen MR) is 67.0 cm³/mol. The molecular formula is C13H17NO3. The van der Waals surface area contributed by atoms with Crippen molar-refractivity contribution in [1.82, 2.24) is 0 Å². The number of carbonyl (C=O) groups excluding carboxylic acids is 1. The van der Waals surface area contributed by atoms with Gasteiger partial charge in [0.05, 0.1) is 13.7 Å². The molecule has 4 nitrogen and oxygen atoms in total. The van der Waals surface area contributed by atoms with Gasteiger partial charge in [-0.25, -0.2) is 0 Å². The third kappa shape index (κ3) is 4.18. The highest BCUT2D eigenvalue weighted by atomic mass is 16.5. The molecule has 4 heteroatoms. The van der Waals surface area contributed by atoms with E-state index in [1.165, 1.54) is 6.08 Å². The molecule has 1 aromatic carbocycles. The fraction of sp³-hybridized carbons (Fsp3) is 0.308. The van der Waals surface area contributed by atoms with Gasteiger partial charge in [0, 0.05) is 6.08 Å². The van der Waals surface area contributed by atoms with Gasteiger partial charge in [0.2, 0.25) is 5.91 Å². The molecule has 0 aliphatic heterocycles. The Morgan fingerprint density at radius 1 is 1.41 bits per heavy atom. The maximum absolute atomic E-state index is 10.6. The van der Waals surface area contributed by atoms with E-state index in [1.807, 2.05) is 19.1 Å². The largest absolute Gasteiger partial charge is 0.493 e. The van der Waals surface area contributed by atoms with E-state index in [9.17, 15) is 4.79 Å². The summed E-state index contributed by atoms with van der Waals surface area (Å²) in [7, 11) is 1.59. The average molecular weight is 235 g/mol. The zero-order valence-electron chi connectivity index (χ0n) is 10.1. The molecule has 0 radical (unpaired) electrons. The number of hydrogen-bond acceptors (Lipinski definition) is 3. The van der Waals surface area contributed by atoms with Gasteiger partial charge in [-0.15, -0.1) is 0 Å². The average Bonchev–Trinajstić information content (AvgIpc) is 2.33. The Morgan fingerprint density at radius 3 is 2.76 bits per heavy atom. The lowest BCUT2D eigenvalue weighted by atomic mass is 10.2. The van der Waals surface area contributed by atoms with E-state index >= 15 is 0 Å². The van der Waals surface area contributed by atoms with Crippen LogP contribution in [0.1, 0.15) is 18.9 Å². The molecule has 0 aliphatic carbocycles. The summed E-state index contributed by atoms with van der Waals surface area (Å²) in [5, 5.41) is 0. The fourth-order valence-electron chi connectivity index (χ4n) is 1.30. The number of methoxy groups -OCH3 is 1. The highest BCUT2D eigenvalue weighted by Crippen LogP contribution is 2.28. The smallest absolute Gasteiger partial charge is 0.241 e. The van der Waals surface area contributed by atoms with Crippen LogP contribution in [0.25, 0.3) is 6.08 Å². The second-order valence-electron chi connectivity index (χ2n) is 3.49. The van der Waals surface area contributed by atoms with Gasteiger partial charge in [0.25, 0.3) is 0 Å². The molecule has 1 amide bonds. The molecule has 0 saturated heterocycles. The summed E-state index contributed by atoms with van der Waals surface area (Å²) < 4.78 is 10.7. The highest BCUT2D eigenvalue weighted by Gasteiger charge is 2.04. The van der Waals surface area contributed by atoms with Crippen molar-refractivity contribution in [2.45, 2.75) is 13.3 Å². The van der Waals surface area contributed by atoms with Crippen LogP contribution in [0, 0.1) is 0 Å². The monoisotopic (exact) mass is 235 g/mol. The molecule has 0 aliphatic rings. The van der Waals surface area contributed by atoms with Crippen molar-refractivity contribution in [1.29, 1.82) is 0 Å². The zero-order valence-corrected chi connectivity index (χ0v) is 10.1. The number of ether oxygens (including phenoxy) is 2. The van der Waals surface area contributed by atoms with Crippen molar-refractivity contribution in [2.24, 2.45) is 5.73 Å². The number of hydrogen-bond donors (Lipinski definition) is 1. The van der Waals surface area contributed by atoms with Gasteiger partial charge in [-0.3, -0.25) is 4.79 Å². The van der Waals surface area contributed by atoms with Gasteiger partial charge in [0.1, 0.15) is 0 Å². The first kappa shape index (κ1) is 13.1. The van der Waals surface area contributed by atoms with Crippen molar-refractivity contribution in [3.63, 3.8) is 0 Å². The molecule has 0 heterocycles. The third-order valence-corrected chi connectivity index (χ3v) is 2.09. The number of benzene rings is 1. The maximum Gasteiger partial charge on any atom is 0.241 e. The van der Waals surface area contributed by atoms with E-state index in [0.29, 0.717) is 18.1 Å². The van der Waals surface area contributed by atoms with E-state index in [2.05, 4.69) is 0 Å². The lowest BCUT2D eigenvalue weighted by Crippen LogP contribution is -2.05. The first-order valence-corrected chi connectivity index (χ1v) is 5.45. The second-order valence-corrected chi connectivity index (χ2v) is 3.49. The number of amides is 1. The molecule has 0 spiro atoms. The molecule has 92 valence electrons. The fourth-order valence-corrected chi connectivity index (χ4v) is 1.30. The molecule has 0 unspecified atom stereocenters. The van der Waals surface area contributed by atoms with E-state index in [-0.39, 0.29) is 0 Å². The normalized spacial score (nSPS) is 10.5. The molecule has 2 N–H and O–H groups in total. The van der Waals surface area contributed by atoms with Crippen molar-refractivity contribution >= 4 is 12.0 Å². The van der Waals surface area contributed by atoms with Crippen LogP contribution in [-0.2, 0) is 4.79 Å². The van der Waals surface area contributed by atoms with Crippen molar-refractivity contribution < 1.29 is 14.3 Å². The minimum Gasteiger partial charge on any atom is -0.493 e. The molecule has 1 rings (SSSR count). The summed E-state index contributed by atoms with van der Waals surface area (Å²) in [6, 6.07) is 5.44. The molecular weight excluding hydrogens is 218 g/mol. The van der Waals surface area contributed by atoms with Crippen LogP contribution in [0.4, 0.5) is 0 Å². The molecule has 0 fully saturated rings. The van der Waals surface area contributed by atoms with Crippen LogP contribution in [0.15, 0.2) is 24.3 Å². The van der Waals surface area contributed by atoms with Crippen molar-refractivity contribution in [2.75, 3.05) is 13.7 Å². The number of nitrogens with two attached hydrogens (primary N) is 1. The van der Waals surface area contributed by atoms with E-state index < -0.39 is 5.91 Å². The Hall–Kier alpha value is -1.97. The molecule has 0 aromatic heterocycles. The quantitative estimate of drug-likeness (QED) is 0.767. The number of rotatable bonds is 6. The van der Waals surface area contributed by atoms with E-state index in [1.54, 1.807) is 19.3 Å². The summed E-state index contributed by atoms with van der Waals surface area (Å²) in [4.78, 5) is 10.6. The Kier molecular flexibility index (Phi) is 5.07. The Bertz CT molecular complexity index is 413. The first-order chi connectivity index (χ1) is 8.17. The standard InChI is InChI=1S/C13H17NO3/c1-3-8-17-12-9-10(5-7-13(14)15)4-6-11(12)16-2/h4-7,9H,3,8H2,1-2H3,(H2,14,15)/b7-5+. The summed E-state index contributed by atoms with van der Waals surface area (Å²) in [5.74, 6) is 0.868. The van der Waals surface area contributed by atoms with Crippen LogP contribution in [0.2, 0.25) is 0 Å². The van der Waals surface area contributed by atoms with Gasteiger partial charge in [-0.05, 0) is 30.2 Å². The number of carbonyl (C=O) groups is 1. The van der Waals surface area contributed by atoms with Crippen LogP contribution in [0.3, 0.4) is 0 Å². The Balaban J connectivity index is 2.91. The first-order valence-electron chi connectivity index (χ1n) is 5.45. The second kappa shape index (κ2) is 6.58. The number of primary amides is 1.